The lowest BCUT2D eigenvalue weighted by molar-refractivity contribution is -0.120. The Bertz CT molecular complexity index is 497. The normalized spacial score (nSPS) is 13.9. The van der Waals surface area contributed by atoms with Gasteiger partial charge in [-0.3, -0.25) is 4.79 Å². The van der Waals surface area contributed by atoms with Crippen LogP contribution in [0.4, 0.5) is 0 Å². The molecule has 1 aromatic carbocycles. The fourth-order valence-electron chi connectivity index (χ4n) is 2.06. The van der Waals surface area contributed by atoms with Crippen molar-refractivity contribution in [2.45, 2.75) is 25.7 Å². The van der Waals surface area contributed by atoms with Crippen molar-refractivity contribution in [3.8, 4) is 0 Å². The summed E-state index contributed by atoms with van der Waals surface area (Å²) < 4.78 is 5.48. The Morgan fingerprint density at radius 3 is 2.76 bits per heavy atom. The fraction of sp³-hybridized carbons (Fsp3) is 0.500. The second kappa shape index (κ2) is 7.78. The van der Waals surface area contributed by atoms with Gasteiger partial charge in [-0.05, 0) is 36.8 Å². The summed E-state index contributed by atoms with van der Waals surface area (Å²) in [5.41, 5.74) is 0.716. The quantitative estimate of drug-likeness (QED) is 0.681. The van der Waals surface area contributed by atoms with Crippen LogP contribution in [0.2, 0.25) is 0 Å². The first-order chi connectivity index (χ1) is 10.2. The van der Waals surface area contributed by atoms with Gasteiger partial charge in [-0.1, -0.05) is 18.2 Å². The molecule has 5 heteroatoms. The molecule has 1 aliphatic rings. The predicted octanol–water partition coefficient (Wildman–Crippen LogP) is 1.86. The molecule has 0 unspecified atom stereocenters. The minimum Gasteiger partial charge on any atom is -0.478 e. The molecule has 0 atom stereocenters. The Hall–Kier alpha value is -1.88. The summed E-state index contributed by atoms with van der Waals surface area (Å²) in [7, 11) is 0. The van der Waals surface area contributed by atoms with Crippen LogP contribution >= 0.6 is 0 Å². The number of rotatable bonds is 9. The SMILES string of the molecule is O=C(Cc1ccccc1C(=O)O)NCCCOCC1CC1. The number of amides is 1. The number of aromatic carboxylic acids is 1. The molecule has 1 aromatic rings. The molecule has 1 amide bonds. The van der Waals surface area contributed by atoms with Gasteiger partial charge >= 0.3 is 5.97 Å². The van der Waals surface area contributed by atoms with Crippen LogP contribution in [0.3, 0.4) is 0 Å². The molecule has 1 fully saturated rings. The Labute approximate surface area is 124 Å². The number of hydrogen-bond donors (Lipinski definition) is 2. The molecular formula is C16H21NO4. The molecule has 0 bridgehead atoms. The van der Waals surface area contributed by atoms with E-state index in [9.17, 15) is 9.59 Å². The van der Waals surface area contributed by atoms with Crippen molar-refractivity contribution in [1.82, 2.24) is 5.32 Å². The van der Waals surface area contributed by atoms with Crippen molar-refractivity contribution in [3.63, 3.8) is 0 Å². The monoisotopic (exact) mass is 291 g/mol. The zero-order valence-corrected chi connectivity index (χ0v) is 12.0. The molecule has 114 valence electrons. The van der Waals surface area contributed by atoms with E-state index in [1.54, 1.807) is 18.2 Å². The summed E-state index contributed by atoms with van der Waals surface area (Å²) in [6.07, 6.45) is 3.42. The molecule has 2 N–H and O–H groups in total. The van der Waals surface area contributed by atoms with Gasteiger partial charge in [0.25, 0.3) is 0 Å². The van der Waals surface area contributed by atoms with E-state index in [0.29, 0.717) is 18.7 Å². The number of nitrogens with one attached hydrogen (secondary N) is 1. The van der Waals surface area contributed by atoms with Gasteiger partial charge in [0.2, 0.25) is 5.91 Å². The molecule has 0 heterocycles. The molecule has 21 heavy (non-hydrogen) atoms. The summed E-state index contributed by atoms with van der Waals surface area (Å²) >= 11 is 0. The number of carboxylic acids is 1. The van der Waals surface area contributed by atoms with Crippen molar-refractivity contribution in [2.75, 3.05) is 19.8 Å². The van der Waals surface area contributed by atoms with Crippen LogP contribution in [0.1, 0.15) is 35.2 Å². The highest BCUT2D eigenvalue weighted by atomic mass is 16.5. The maximum atomic E-state index is 11.8. The van der Waals surface area contributed by atoms with Gasteiger partial charge in [0.05, 0.1) is 12.0 Å². The van der Waals surface area contributed by atoms with E-state index >= 15 is 0 Å². The molecular weight excluding hydrogens is 270 g/mol. The lowest BCUT2D eigenvalue weighted by atomic mass is 10.0. The van der Waals surface area contributed by atoms with Gasteiger partial charge < -0.3 is 15.2 Å². The smallest absolute Gasteiger partial charge is 0.335 e. The summed E-state index contributed by atoms with van der Waals surface area (Å²) in [5.74, 6) is -0.412. The Morgan fingerprint density at radius 1 is 1.29 bits per heavy atom. The second-order valence-corrected chi connectivity index (χ2v) is 5.36. The predicted molar refractivity (Wildman–Crippen MR) is 78.3 cm³/mol. The Morgan fingerprint density at radius 2 is 2.05 bits per heavy atom. The molecule has 1 saturated carbocycles. The van der Waals surface area contributed by atoms with Crippen LogP contribution in [-0.2, 0) is 16.0 Å². The van der Waals surface area contributed by atoms with Gasteiger partial charge in [0, 0.05) is 19.8 Å². The standard InChI is InChI=1S/C16H21NO4/c18-15(17-8-3-9-21-11-12-6-7-12)10-13-4-1-2-5-14(13)16(19)20/h1-2,4-5,12H,3,6-11H2,(H,17,18)(H,19,20). The third kappa shape index (κ3) is 5.55. The fourth-order valence-corrected chi connectivity index (χ4v) is 2.06. The van der Waals surface area contributed by atoms with E-state index in [0.717, 1.165) is 18.9 Å². The first kappa shape index (κ1) is 15.5. The van der Waals surface area contributed by atoms with Crippen LogP contribution in [0, 0.1) is 5.92 Å². The van der Waals surface area contributed by atoms with E-state index in [1.165, 1.54) is 18.9 Å². The van der Waals surface area contributed by atoms with Gasteiger partial charge in [-0.15, -0.1) is 0 Å². The number of benzene rings is 1. The van der Waals surface area contributed by atoms with Crippen molar-refractivity contribution >= 4 is 11.9 Å². The number of carbonyl (C=O) groups excluding carboxylic acids is 1. The minimum atomic E-state index is -1.01. The largest absolute Gasteiger partial charge is 0.478 e. The minimum absolute atomic E-state index is 0.0887. The average molecular weight is 291 g/mol. The molecule has 0 aliphatic heterocycles. The molecule has 2 rings (SSSR count). The Kier molecular flexibility index (Phi) is 5.75. The van der Waals surface area contributed by atoms with E-state index in [2.05, 4.69) is 5.32 Å². The Balaban J connectivity index is 1.65. The third-order valence-corrected chi connectivity index (χ3v) is 3.44. The average Bonchev–Trinajstić information content (AvgIpc) is 3.27. The zero-order chi connectivity index (χ0) is 15.1. The van der Waals surface area contributed by atoms with Crippen molar-refractivity contribution in [3.05, 3.63) is 35.4 Å². The molecule has 5 nitrogen and oxygen atoms in total. The van der Waals surface area contributed by atoms with Gasteiger partial charge in [0.1, 0.15) is 0 Å². The van der Waals surface area contributed by atoms with E-state index in [-0.39, 0.29) is 17.9 Å². The number of carboxylic acid groups (broad SMARTS) is 1. The lowest BCUT2D eigenvalue weighted by Gasteiger charge is -2.08. The highest BCUT2D eigenvalue weighted by Gasteiger charge is 2.20. The third-order valence-electron chi connectivity index (χ3n) is 3.44. The second-order valence-electron chi connectivity index (χ2n) is 5.36. The number of ether oxygens (including phenoxy) is 1. The first-order valence-corrected chi connectivity index (χ1v) is 7.32. The topological polar surface area (TPSA) is 75.6 Å². The van der Waals surface area contributed by atoms with Crippen LogP contribution in [-0.4, -0.2) is 36.7 Å². The van der Waals surface area contributed by atoms with E-state index in [1.807, 2.05) is 0 Å². The van der Waals surface area contributed by atoms with E-state index in [4.69, 9.17) is 9.84 Å². The van der Waals surface area contributed by atoms with Crippen LogP contribution in [0.15, 0.2) is 24.3 Å². The molecule has 1 aliphatic carbocycles. The van der Waals surface area contributed by atoms with Gasteiger partial charge in [-0.2, -0.15) is 0 Å². The maximum absolute atomic E-state index is 11.8. The van der Waals surface area contributed by atoms with Gasteiger partial charge in [-0.25, -0.2) is 4.79 Å². The van der Waals surface area contributed by atoms with Crippen molar-refractivity contribution in [1.29, 1.82) is 0 Å². The van der Waals surface area contributed by atoms with Crippen molar-refractivity contribution in [2.24, 2.45) is 5.92 Å². The molecule has 0 spiro atoms. The van der Waals surface area contributed by atoms with Crippen molar-refractivity contribution < 1.29 is 19.4 Å². The lowest BCUT2D eigenvalue weighted by Crippen LogP contribution is -2.27. The maximum Gasteiger partial charge on any atom is 0.335 e. The van der Waals surface area contributed by atoms with Gasteiger partial charge in [0.15, 0.2) is 0 Å². The first-order valence-electron chi connectivity index (χ1n) is 7.32. The van der Waals surface area contributed by atoms with E-state index < -0.39 is 5.97 Å². The summed E-state index contributed by atoms with van der Waals surface area (Å²) in [6, 6.07) is 6.57. The number of hydrogen-bond acceptors (Lipinski definition) is 3. The summed E-state index contributed by atoms with van der Waals surface area (Å²) in [6.45, 7) is 2.04. The molecule has 0 aromatic heterocycles. The highest BCUT2D eigenvalue weighted by Crippen LogP contribution is 2.28. The number of carbonyl (C=O) groups is 2. The molecule has 0 radical (unpaired) electrons. The highest BCUT2D eigenvalue weighted by molar-refractivity contribution is 5.91. The summed E-state index contributed by atoms with van der Waals surface area (Å²) in [4.78, 5) is 22.8. The molecule has 0 saturated heterocycles. The zero-order valence-electron chi connectivity index (χ0n) is 12.0. The van der Waals surface area contributed by atoms with Crippen LogP contribution in [0.25, 0.3) is 0 Å². The van der Waals surface area contributed by atoms with Crippen LogP contribution in [0.5, 0.6) is 0 Å². The van der Waals surface area contributed by atoms with Crippen LogP contribution < -0.4 is 5.32 Å². The summed E-state index contributed by atoms with van der Waals surface area (Å²) in [5, 5.41) is 11.8.